The number of amidine groups is 1. The van der Waals surface area contributed by atoms with Gasteiger partial charge in [0.25, 0.3) is 5.91 Å². The van der Waals surface area contributed by atoms with Crippen LogP contribution in [0.4, 0.5) is 11.5 Å². The summed E-state index contributed by atoms with van der Waals surface area (Å²) in [5.41, 5.74) is 3.24. The number of aromatic nitrogens is 1. The van der Waals surface area contributed by atoms with E-state index in [-0.39, 0.29) is 25.5 Å². The Morgan fingerprint density at radius 3 is 2.30 bits per heavy atom. The van der Waals surface area contributed by atoms with Crippen molar-refractivity contribution >= 4 is 40.6 Å². The molecule has 1 saturated heterocycles. The Morgan fingerprint density at radius 1 is 1.00 bits per heavy atom. The van der Waals surface area contributed by atoms with Gasteiger partial charge in [-0.2, -0.15) is 0 Å². The molecule has 1 aliphatic heterocycles. The number of ketones is 1. The van der Waals surface area contributed by atoms with E-state index in [0.29, 0.717) is 33.4 Å². The minimum atomic E-state index is -0.346. The number of pyridine rings is 1. The second-order valence-corrected chi connectivity index (χ2v) is 9.56. The Hall–Kier alpha value is -3.71. The van der Waals surface area contributed by atoms with Crippen LogP contribution in [0.5, 0.6) is 0 Å². The van der Waals surface area contributed by atoms with Crippen LogP contribution in [-0.4, -0.2) is 54.6 Å². The molecule has 0 radical (unpaired) electrons. The molecule has 8 heteroatoms. The van der Waals surface area contributed by atoms with Crippen molar-refractivity contribution in [3.8, 4) is 0 Å². The summed E-state index contributed by atoms with van der Waals surface area (Å²) in [5, 5.41) is 11.8. The summed E-state index contributed by atoms with van der Waals surface area (Å²) in [6.07, 6.45) is 4.97. The normalized spacial score (nSPS) is 12.9. The fraction of sp³-hybridized carbons (Fsp3) is 0.310. The number of nitrogens with one attached hydrogen (secondary N) is 2. The Balaban J connectivity index is 0.00000380. The number of anilines is 2. The molecule has 2 N–H and O–H groups in total. The number of benzene rings is 2. The van der Waals surface area contributed by atoms with Crippen LogP contribution in [0.1, 0.15) is 58.5 Å². The summed E-state index contributed by atoms with van der Waals surface area (Å²) < 4.78 is 0. The smallest absolute Gasteiger partial charge is 0.257 e. The van der Waals surface area contributed by atoms with E-state index in [0.717, 1.165) is 37.2 Å². The van der Waals surface area contributed by atoms with Crippen molar-refractivity contribution < 1.29 is 9.59 Å². The number of carbonyl (C=O) groups excluding carboxylic acids is 2. The quantitative estimate of drug-likeness (QED) is 0.229. The summed E-state index contributed by atoms with van der Waals surface area (Å²) >= 11 is 5.90. The minimum absolute atomic E-state index is 0. The van der Waals surface area contributed by atoms with Gasteiger partial charge < -0.3 is 15.1 Å². The number of hydrogen-bond donors (Lipinski definition) is 2. The molecule has 7 nitrogen and oxygen atoms in total. The largest absolute Gasteiger partial charge is 0.378 e. The molecule has 0 aliphatic carbocycles. The standard InChI is InChI=1S/C28H30ClN5O2.CH4/c1-33(2)23-12-10-21(24(17-23)28(36)32-26-13-11-22(29)18-31-26)16-25(35)19-6-8-20(9-7-19)27(30)34-14-4-3-5-15-34;/h6-13,17-18,30H,3-5,14-16H2,1-2H3,(H,31,32,36);1H4. The second kappa shape index (κ2) is 12.5. The lowest BCUT2D eigenvalue weighted by Crippen LogP contribution is -2.35. The first-order valence-corrected chi connectivity index (χ1v) is 12.4. The summed E-state index contributed by atoms with van der Waals surface area (Å²) in [6, 6.07) is 16.0. The van der Waals surface area contributed by atoms with Crippen LogP contribution in [0.3, 0.4) is 0 Å². The van der Waals surface area contributed by atoms with Crippen LogP contribution < -0.4 is 10.2 Å². The van der Waals surface area contributed by atoms with Crippen molar-refractivity contribution in [2.24, 2.45) is 0 Å². The molecule has 2 heterocycles. The maximum atomic E-state index is 13.2. The van der Waals surface area contributed by atoms with Crippen molar-refractivity contribution in [3.63, 3.8) is 0 Å². The molecule has 0 saturated carbocycles. The third-order valence-corrected chi connectivity index (χ3v) is 6.55. The summed E-state index contributed by atoms with van der Waals surface area (Å²) in [4.78, 5) is 34.4. The van der Waals surface area contributed by atoms with Crippen LogP contribution in [0.2, 0.25) is 5.02 Å². The predicted octanol–water partition coefficient (Wildman–Crippen LogP) is 5.93. The molecule has 0 spiro atoms. The lowest BCUT2D eigenvalue weighted by molar-refractivity contribution is 0.0992. The van der Waals surface area contributed by atoms with Crippen molar-refractivity contribution in [3.05, 3.63) is 88.1 Å². The Kier molecular flexibility index (Phi) is 9.42. The van der Waals surface area contributed by atoms with Gasteiger partial charge in [-0.3, -0.25) is 15.0 Å². The average molecular weight is 520 g/mol. The maximum absolute atomic E-state index is 13.2. The van der Waals surface area contributed by atoms with Crippen LogP contribution in [0.15, 0.2) is 60.8 Å². The van der Waals surface area contributed by atoms with Gasteiger partial charge >= 0.3 is 0 Å². The minimum Gasteiger partial charge on any atom is -0.378 e. The predicted molar refractivity (Wildman–Crippen MR) is 151 cm³/mol. The number of piperidine rings is 1. The van der Waals surface area contributed by atoms with E-state index in [1.165, 1.54) is 12.6 Å². The third kappa shape index (κ3) is 6.95. The number of hydrogen-bond acceptors (Lipinski definition) is 5. The van der Waals surface area contributed by atoms with Crippen LogP contribution in [0, 0.1) is 5.41 Å². The molecule has 0 atom stereocenters. The molecule has 1 amide bonds. The first-order chi connectivity index (χ1) is 17.3. The first kappa shape index (κ1) is 27.9. The lowest BCUT2D eigenvalue weighted by Gasteiger charge is -2.29. The number of amides is 1. The molecule has 1 fully saturated rings. The number of carbonyl (C=O) groups is 2. The van der Waals surface area contributed by atoms with E-state index in [1.54, 1.807) is 30.3 Å². The molecule has 1 aliphatic rings. The average Bonchev–Trinajstić information content (AvgIpc) is 2.90. The molecule has 2 aromatic carbocycles. The van der Waals surface area contributed by atoms with E-state index in [4.69, 9.17) is 17.0 Å². The van der Waals surface area contributed by atoms with Gasteiger partial charge in [-0.25, -0.2) is 4.98 Å². The topological polar surface area (TPSA) is 89.4 Å². The number of likely N-dealkylation sites (tertiary alicyclic amines) is 1. The Labute approximate surface area is 224 Å². The highest BCUT2D eigenvalue weighted by atomic mass is 35.5. The van der Waals surface area contributed by atoms with Gasteiger partial charge in [-0.15, -0.1) is 0 Å². The van der Waals surface area contributed by atoms with Crippen molar-refractivity contribution in [2.75, 3.05) is 37.4 Å². The maximum Gasteiger partial charge on any atom is 0.257 e. The van der Waals surface area contributed by atoms with Gasteiger partial charge in [0, 0.05) is 62.2 Å². The molecule has 0 unspecified atom stereocenters. The van der Waals surface area contributed by atoms with Crippen molar-refractivity contribution in [2.45, 2.75) is 33.1 Å². The SMILES string of the molecule is C.CN(C)c1ccc(CC(=O)c2ccc(C(=N)N3CCCCC3)cc2)c(C(=O)Nc2ccc(Cl)cn2)c1. The third-order valence-electron chi connectivity index (χ3n) is 6.33. The summed E-state index contributed by atoms with van der Waals surface area (Å²) in [5.74, 6) is 0.440. The van der Waals surface area contributed by atoms with Gasteiger partial charge in [0.2, 0.25) is 0 Å². The molecule has 4 rings (SSSR count). The second-order valence-electron chi connectivity index (χ2n) is 9.13. The number of rotatable bonds is 7. The fourth-order valence-electron chi connectivity index (χ4n) is 4.23. The van der Waals surface area contributed by atoms with Gasteiger partial charge in [0.1, 0.15) is 11.7 Å². The van der Waals surface area contributed by atoms with Crippen molar-refractivity contribution in [1.82, 2.24) is 9.88 Å². The number of Topliss-reactive ketones (excluding diaryl/α,β-unsaturated/α-hetero) is 1. The Bertz CT molecular complexity index is 1250. The first-order valence-electron chi connectivity index (χ1n) is 12.0. The lowest BCUT2D eigenvalue weighted by atomic mass is 9.96. The van der Waals surface area contributed by atoms with Crippen LogP contribution in [-0.2, 0) is 6.42 Å². The molecular weight excluding hydrogens is 486 g/mol. The fourth-order valence-corrected chi connectivity index (χ4v) is 4.34. The summed E-state index contributed by atoms with van der Waals surface area (Å²) in [6.45, 7) is 1.80. The zero-order chi connectivity index (χ0) is 25.7. The van der Waals surface area contributed by atoms with Crippen LogP contribution in [0.25, 0.3) is 0 Å². The zero-order valence-electron chi connectivity index (χ0n) is 20.6. The van der Waals surface area contributed by atoms with E-state index in [9.17, 15) is 9.59 Å². The monoisotopic (exact) mass is 519 g/mol. The molecule has 194 valence electrons. The van der Waals surface area contributed by atoms with Gasteiger partial charge in [-0.05, 0) is 49.1 Å². The molecule has 1 aromatic heterocycles. The summed E-state index contributed by atoms with van der Waals surface area (Å²) in [7, 11) is 3.79. The zero-order valence-corrected chi connectivity index (χ0v) is 21.3. The molecule has 3 aromatic rings. The number of nitrogens with zero attached hydrogens (tertiary/aromatic N) is 3. The molecular formula is C29H34ClN5O2. The van der Waals surface area contributed by atoms with Crippen molar-refractivity contribution in [1.29, 1.82) is 5.41 Å². The van der Waals surface area contributed by atoms with E-state index in [2.05, 4.69) is 15.2 Å². The highest BCUT2D eigenvalue weighted by molar-refractivity contribution is 6.30. The van der Waals surface area contributed by atoms with Gasteiger partial charge in [0.15, 0.2) is 5.78 Å². The highest BCUT2D eigenvalue weighted by Crippen LogP contribution is 2.22. The van der Waals surface area contributed by atoms with E-state index >= 15 is 0 Å². The van der Waals surface area contributed by atoms with Gasteiger partial charge in [-0.1, -0.05) is 49.4 Å². The highest BCUT2D eigenvalue weighted by Gasteiger charge is 2.19. The number of halogens is 1. The van der Waals surface area contributed by atoms with Crippen LogP contribution >= 0.6 is 11.6 Å². The molecule has 37 heavy (non-hydrogen) atoms. The van der Waals surface area contributed by atoms with Gasteiger partial charge in [0.05, 0.1) is 5.02 Å². The molecule has 0 bridgehead atoms. The van der Waals surface area contributed by atoms with E-state index < -0.39 is 0 Å². The Morgan fingerprint density at radius 2 is 1.68 bits per heavy atom. The van der Waals surface area contributed by atoms with E-state index in [1.807, 2.05) is 43.3 Å².